The average Bonchev–Trinajstić information content (AvgIpc) is 3.31. The number of thiophene rings is 1. The zero-order chi connectivity index (χ0) is 22.0. The summed E-state index contributed by atoms with van der Waals surface area (Å²) < 4.78 is 0. The highest BCUT2D eigenvalue weighted by Crippen LogP contribution is 2.36. The maximum atomic E-state index is 12.5. The van der Waals surface area contributed by atoms with E-state index < -0.39 is 0 Å². The van der Waals surface area contributed by atoms with E-state index >= 15 is 0 Å². The number of pyridine rings is 1. The van der Waals surface area contributed by atoms with E-state index in [1.807, 2.05) is 42.6 Å². The third-order valence-corrected chi connectivity index (χ3v) is 6.17. The Morgan fingerprint density at radius 1 is 1.13 bits per heavy atom. The molecular weight excluding hydrogens is 412 g/mol. The first kappa shape index (κ1) is 20.8. The van der Waals surface area contributed by atoms with E-state index in [2.05, 4.69) is 10.3 Å². The Morgan fingerprint density at radius 3 is 2.52 bits per heavy atom. The summed E-state index contributed by atoms with van der Waals surface area (Å²) in [5.74, 6) is -0.282. The maximum Gasteiger partial charge on any atom is 0.260 e. The average molecular weight is 435 g/mol. The minimum Gasteiger partial charge on any atom is -0.506 e. The highest BCUT2D eigenvalue weighted by Gasteiger charge is 2.16. The van der Waals surface area contributed by atoms with Gasteiger partial charge in [-0.15, -0.1) is 11.3 Å². The second-order valence-electron chi connectivity index (χ2n) is 7.25. The molecule has 1 atom stereocenters. The molecule has 0 saturated heterocycles. The van der Waals surface area contributed by atoms with Crippen LogP contribution >= 0.6 is 11.3 Å². The number of hydrogen-bond acceptors (Lipinski definition) is 5. The topological polar surface area (TPSA) is 102 Å². The molecule has 0 radical (unpaired) electrons. The SMILES string of the molecule is CC[C@@H](CO)NC(=O)c1ccc(-c2ccc3[nH]c(=O)c(-c4cccs4)c(O)c3c2)cc1. The van der Waals surface area contributed by atoms with Gasteiger partial charge in [0.05, 0.1) is 23.7 Å². The molecule has 4 rings (SSSR count). The number of nitrogens with one attached hydrogen (secondary N) is 2. The van der Waals surface area contributed by atoms with Gasteiger partial charge in [-0.25, -0.2) is 0 Å². The number of benzene rings is 2. The Hall–Kier alpha value is -3.42. The zero-order valence-electron chi connectivity index (χ0n) is 16.9. The van der Waals surface area contributed by atoms with E-state index in [1.54, 1.807) is 24.3 Å². The molecule has 2 heterocycles. The largest absolute Gasteiger partial charge is 0.506 e. The van der Waals surface area contributed by atoms with Crippen molar-refractivity contribution < 1.29 is 15.0 Å². The van der Waals surface area contributed by atoms with Gasteiger partial charge < -0.3 is 20.5 Å². The monoisotopic (exact) mass is 434 g/mol. The number of H-pyrrole nitrogens is 1. The fourth-order valence-electron chi connectivity index (χ4n) is 3.46. The Morgan fingerprint density at radius 2 is 1.87 bits per heavy atom. The van der Waals surface area contributed by atoms with Crippen molar-refractivity contribution >= 4 is 28.1 Å². The van der Waals surface area contributed by atoms with Crippen molar-refractivity contribution in [2.45, 2.75) is 19.4 Å². The Balaban J connectivity index is 1.69. The van der Waals surface area contributed by atoms with Gasteiger partial charge in [0.25, 0.3) is 11.5 Å². The summed E-state index contributed by atoms with van der Waals surface area (Å²) in [6.07, 6.45) is 0.649. The van der Waals surface area contributed by atoms with Crippen molar-refractivity contribution in [2.24, 2.45) is 0 Å². The van der Waals surface area contributed by atoms with Gasteiger partial charge in [-0.05, 0) is 53.3 Å². The molecule has 31 heavy (non-hydrogen) atoms. The molecule has 2 aromatic heterocycles. The molecule has 0 bridgehead atoms. The molecule has 2 aromatic carbocycles. The fraction of sp³-hybridized carbons (Fsp3) is 0.167. The minimum atomic E-state index is -0.330. The van der Waals surface area contributed by atoms with E-state index in [0.717, 1.165) is 11.1 Å². The second kappa shape index (κ2) is 8.75. The zero-order valence-corrected chi connectivity index (χ0v) is 17.7. The van der Waals surface area contributed by atoms with Crippen LogP contribution in [0.1, 0.15) is 23.7 Å². The minimum absolute atomic E-state index is 0.0475. The summed E-state index contributed by atoms with van der Waals surface area (Å²) in [6.45, 7) is 1.80. The Kier molecular flexibility index (Phi) is 5.88. The molecule has 0 aliphatic heterocycles. The highest BCUT2D eigenvalue weighted by atomic mass is 32.1. The van der Waals surface area contributed by atoms with Crippen LogP contribution in [0.2, 0.25) is 0 Å². The van der Waals surface area contributed by atoms with Crippen molar-refractivity contribution in [1.29, 1.82) is 0 Å². The lowest BCUT2D eigenvalue weighted by atomic mass is 10.00. The summed E-state index contributed by atoms with van der Waals surface area (Å²) >= 11 is 1.39. The number of aliphatic hydroxyl groups is 1. The predicted octanol–water partition coefficient (Wildman–Crippen LogP) is 4.13. The number of aliphatic hydroxyl groups excluding tert-OH is 1. The summed E-state index contributed by atoms with van der Waals surface area (Å²) in [5, 5.41) is 25.3. The van der Waals surface area contributed by atoms with Crippen LogP contribution in [-0.2, 0) is 0 Å². The van der Waals surface area contributed by atoms with E-state index in [0.29, 0.717) is 27.8 Å². The van der Waals surface area contributed by atoms with Crippen LogP contribution in [0.3, 0.4) is 0 Å². The molecule has 0 aliphatic rings. The van der Waals surface area contributed by atoms with E-state index in [1.165, 1.54) is 11.3 Å². The van der Waals surface area contributed by atoms with Gasteiger partial charge in [-0.3, -0.25) is 9.59 Å². The van der Waals surface area contributed by atoms with Gasteiger partial charge in [0.15, 0.2) is 0 Å². The number of aromatic hydroxyl groups is 1. The van der Waals surface area contributed by atoms with Crippen LogP contribution < -0.4 is 10.9 Å². The summed E-state index contributed by atoms with van der Waals surface area (Å²) in [4.78, 5) is 28.3. The molecule has 7 heteroatoms. The lowest BCUT2D eigenvalue weighted by molar-refractivity contribution is 0.0915. The molecule has 0 unspecified atom stereocenters. The van der Waals surface area contributed by atoms with Gasteiger partial charge in [-0.1, -0.05) is 31.2 Å². The first-order valence-electron chi connectivity index (χ1n) is 9.96. The lowest BCUT2D eigenvalue weighted by Gasteiger charge is -2.14. The quantitative estimate of drug-likeness (QED) is 0.366. The first-order valence-corrected chi connectivity index (χ1v) is 10.8. The van der Waals surface area contributed by atoms with Gasteiger partial charge >= 0.3 is 0 Å². The van der Waals surface area contributed by atoms with Crippen molar-refractivity contribution in [3.05, 3.63) is 75.9 Å². The normalized spacial score (nSPS) is 12.1. The van der Waals surface area contributed by atoms with Crippen LogP contribution in [0.4, 0.5) is 0 Å². The maximum absolute atomic E-state index is 12.5. The summed E-state index contributed by atoms with van der Waals surface area (Å²) in [7, 11) is 0. The molecule has 0 fully saturated rings. The molecule has 4 aromatic rings. The molecule has 158 valence electrons. The van der Waals surface area contributed by atoms with Crippen molar-refractivity contribution in [3.8, 4) is 27.3 Å². The summed E-state index contributed by atoms with van der Waals surface area (Å²) in [5.41, 5.74) is 2.71. The van der Waals surface area contributed by atoms with Crippen LogP contribution in [0.25, 0.3) is 32.5 Å². The molecule has 0 saturated carbocycles. The standard InChI is InChI=1S/C24H22N2O4S/c1-2-17(13-27)25-23(29)15-7-5-14(6-8-15)16-9-10-19-18(12-16)22(28)21(24(30)26-19)20-4-3-11-31-20/h3-12,17,27H,2,13H2,1H3,(H,25,29)(H2,26,28,30)/t17-/m0/s1. The highest BCUT2D eigenvalue weighted by molar-refractivity contribution is 7.13. The Labute approximate surface area is 182 Å². The molecular formula is C24H22N2O4S. The van der Waals surface area contributed by atoms with Gasteiger partial charge in [0, 0.05) is 15.8 Å². The van der Waals surface area contributed by atoms with E-state index in [4.69, 9.17) is 0 Å². The molecule has 1 amide bonds. The van der Waals surface area contributed by atoms with Crippen LogP contribution in [-0.4, -0.2) is 33.8 Å². The smallest absolute Gasteiger partial charge is 0.260 e. The third-order valence-electron chi connectivity index (χ3n) is 5.28. The number of hydrogen-bond donors (Lipinski definition) is 4. The molecule has 0 aliphatic carbocycles. The number of fused-ring (bicyclic) bond motifs is 1. The summed E-state index contributed by atoms with van der Waals surface area (Å²) in [6, 6.07) is 15.9. The number of carbonyl (C=O) groups is 1. The van der Waals surface area contributed by atoms with E-state index in [-0.39, 0.29) is 35.4 Å². The lowest BCUT2D eigenvalue weighted by Crippen LogP contribution is -2.36. The Bertz CT molecular complexity index is 1270. The number of amides is 1. The number of carbonyl (C=O) groups excluding carboxylic acids is 1. The van der Waals surface area contributed by atoms with Crippen molar-refractivity contribution in [2.75, 3.05) is 6.61 Å². The molecule has 6 nitrogen and oxygen atoms in total. The van der Waals surface area contributed by atoms with Crippen LogP contribution in [0, 0.1) is 0 Å². The first-order chi connectivity index (χ1) is 15.0. The second-order valence-corrected chi connectivity index (χ2v) is 8.20. The predicted molar refractivity (Wildman–Crippen MR) is 124 cm³/mol. The fourth-order valence-corrected chi connectivity index (χ4v) is 4.23. The van der Waals surface area contributed by atoms with Crippen LogP contribution in [0.5, 0.6) is 5.75 Å². The molecule has 4 N–H and O–H groups in total. The van der Waals surface area contributed by atoms with Crippen LogP contribution in [0.15, 0.2) is 64.8 Å². The number of aromatic amines is 1. The molecule has 0 spiro atoms. The van der Waals surface area contributed by atoms with Crippen molar-refractivity contribution in [3.63, 3.8) is 0 Å². The van der Waals surface area contributed by atoms with Gasteiger partial charge in [0.2, 0.25) is 0 Å². The van der Waals surface area contributed by atoms with Gasteiger partial charge in [0.1, 0.15) is 5.75 Å². The third kappa shape index (κ3) is 4.10. The number of rotatable bonds is 6. The van der Waals surface area contributed by atoms with E-state index in [9.17, 15) is 19.8 Å². The van der Waals surface area contributed by atoms with Crippen molar-refractivity contribution in [1.82, 2.24) is 10.3 Å². The number of aromatic nitrogens is 1. The van der Waals surface area contributed by atoms with Gasteiger partial charge in [-0.2, -0.15) is 0 Å².